The molecule has 2 aromatic carbocycles. The van der Waals surface area contributed by atoms with Crippen molar-refractivity contribution in [3.63, 3.8) is 0 Å². The van der Waals surface area contributed by atoms with Gasteiger partial charge >= 0.3 is 6.03 Å². The van der Waals surface area contributed by atoms with Crippen molar-refractivity contribution in [2.75, 3.05) is 13.7 Å². The fourth-order valence-electron chi connectivity index (χ4n) is 3.81. The highest BCUT2D eigenvalue weighted by atomic mass is 16.5. The Bertz CT molecular complexity index is 1050. The van der Waals surface area contributed by atoms with Crippen molar-refractivity contribution in [3.8, 4) is 17.2 Å². The molecule has 2 aliphatic rings. The van der Waals surface area contributed by atoms with E-state index in [4.69, 9.17) is 14.2 Å². The second-order valence-electron chi connectivity index (χ2n) is 7.71. The van der Waals surface area contributed by atoms with Crippen LogP contribution in [0.3, 0.4) is 0 Å². The molecule has 2 heterocycles. The van der Waals surface area contributed by atoms with Crippen LogP contribution in [0.4, 0.5) is 4.79 Å². The Balaban J connectivity index is 1.61. The molecule has 1 N–H and O–H groups in total. The van der Waals surface area contributed by atoms with Gasteiger partial charge in [-0.25, -0.2) is 4.79 Å². The number of hydrogen-bond donors (Lipinski definition) is 1. The lowest BCUT2D eigenvalue weighted by molar-refractivity contribution is -0.131. The summed E-state index contributed by atoms with van der Waals surface area (Å²) in [6.45, 7) is 6.03. The number of amides is 3. The quantitative estimate of drug-likeness (QED) is 0.569. The van der Waals surface area contributed by atoms with E-state index in [1.54, 1.807) is 38.3 Å². The van der Waals surface area contributed by atoms with Crippen molar-refractivity contribution in [2.24, 2.45) is 5.10 Å². The number of hydrazone groups is 1. The number of imide groups is 1. The SMILES string of the molecule is CCOc1cc2c(cc1/C=N\N1C(=O)N[C@](C)(c3ccc(OC)cc3)C1=O)O[C@@H](C)C2. The summed E-state index contributed by atoms with van der Waals surface area (Å²) in [6.07, 6.45) is 2.35. The van der Waals surface area contributed by atoms with E-state index in [1.807, 2.05) is 26.0 Å². The number of benzene rings is 2. The highest BCUT2D eigenvalue weighted by Gasteiger charge is 2.49. The van der Waals surface area contributed by atoms with Crippen LogP contribution in [-0.4, -0.2) is 43.0 Å². The molecule has 31 heavy (non-hydrogen) atoms. The zero-order valence-electron chi connectivity index (χ0n) is 18.0. The van der Waals surface area contributed by atoms with E-state index >= 15 is 0 Å². The van der Waals surface area contributed by atoms with Crippen LogP contribution < -0.4 is 19.5 Å². The lowest BCUT2D eigenvalue weighted by Crippen LogP contribution is -2.40. The zero-order valence-corrected chi connectivity index (χ0v) is 18.0. The van der Waals surface area contributed by atoms with Gasteiger partial charge in [-0.05, 0) is 50.6 Å². The summed E-state index contributed by atoms with van der Waals surface area (Å²) in [5.41, 5.74) is 1.11. The number of carbonyl (C=O) groups excluding carboxylic acids is 2. The van der Waals surface area contributed by atoms with Crippen LogP contribution in [-0.2, 0) is 16.8 Å². The third kappa shape index (κ3) is 3.69. The fraction of sp³-hybridized carbons (Fsp3) is 0.348. The van der Waals surface area contributed by atoms with Crippen molar-refractivity contribution in [3.05, 3.63) is 53.1 Å². The maximum absolute atomic E-state index is 13.1. The molecule has 8 heteroatoms. The monoisotopic (exact) mass is 423 g/mol. The summed E-state index contributed by atoms with van der Waals surface area (Å²) in [4.78, 5) is 25.7. The molecule has 1 fully saturated rings. The Kier molecular flexibility index (Phi) is 5.31. The molecule has 1 saturated heterocycles. The van der Waals surface area contributed by atoms with Gasteiger partial charge in [0.05, 0.1) is 19.9 Å². The molecular weight excluding hydrogens is 398 g/mol. The molecule has 0 aliphatic carbocycles. The van der Waals surface area contributed by atoms with Crippen LogP contribution in [0, 0.1) is 0 Å². The average Bonchev–Trinajstić information content (AvgIpc) is 3.22. The molecular formula is C23H25N3O5. The van der Waals surface area contributed by atoms with E-state index < -0.39 is 17.5 Å². The second-order valence-corrected chi connectivity index (χ2v) is 7.71. The van der Waals surface area contributed by atoms with Gasteiger partial charge in [-0.3, -0.25) is 4.79 Å². The first-order valence-corrected chi connectivity index (χ1v) is 10.2. The average molecular weight is 423 g/mol. The molecule has 4 rings (SSSR count). The summed E-state index contributed by atoms with van der Waals surface area (Å²) in [5, 5.41) is 7.76. The van der Waals surface area contributed by atoms with Crippen LogP contribution in [0.1, 0.15) is 37.5 Å². The van der Waals surface area contributed by atoms with Gasteiger partial charge in [-0.15, -0.1) is 5.01 Å². The van der Waals surface area contributed by atoms with Gasteiger partial charge in [-0.1, -0.05) is 12.1 Å². The summed E-state index contributed by atoms with van der Waals surface area (Å²) in [5.74, 6) is 1.59. The van der Waals surface area contributed by atoms with Crippen LogP contribution >= 0.6 is 0 Å². The molecule has 2 aromatic rings. The van der Waals surface area contributed by atoms with Crippen LogP contribution in [0.15, 0.2) is 41.5 Å². The number of rotatable bonds is 6. The van der Waals surface area contributed by atoms with Gasteiger partial charge in [0.25, 0.3) is 5.91 Å². The van der Waals surface area contributed by atoms with Crippen LogP contribution in [0.25, 0.3) is 0 Å². The van der Waals surface area contributed by atoms with Gasteiger partial charge in [0, 0.05) is 17.5 Å². The normalized spacial score (nSPS) is 22.5. The number of hydrogen-bond acceptors (Lipinski definition) is 6. The van der Waals surface area contributed by atoms with Gasteiger partial charge in [-0.2, -0.15) is 5.10 Å². The molecule has 0 radical (unpaired) electrons. The molecule has 0 saturated carbocycles. The van der Waals surface area contributed by atoms with E-state index in [1.165, 1.54) is 6.21 Å². The van der Waals surface area contributed by atoms with E-state index in [9.17, 15) is 9.59 Å². The van der Waals surface area contributed by atoms with Crippen molar-refractivity contribution in [1.82, 2.24) is 10.3 Å². The molecule has 8 nitrogen and oxygen atoms in total. The molecule has 2 atom stereocenters. The number of carbonyl (C=O) groups is 2. The standard InChI is InChI=1S/C23H25N3O5/c1-5-30-19-11-15-10-14(2)31-20(15)12-16(19)13-24-26-21(27)23(3,25-22(26)28)17-6-8-18(29-4)9-7-17/h6-9,11-14H,5,10H2,1-4H3,(H,25,28)/b24-13-/t14-,23+/m0/s1. The summed E-state index contributed by atoms with van der Waals surface area (Å²) < 4.78 is 16.7. The first-order chi connectivity index (χ1) is 14.9. The van der Waals surface area contributed by atoms with E-state index in [0.717, 1.165) is 22.7 Å². The minimum atomic E-state index is -1.22. The van der Waals surface area contributed by atoms with Crippen LogP contribution in [0.5, 0.6) is 17.2 Å². The number of nitrogens with one attached hydrogen (secondary N) is 1. The van der Waals surface area contributed by atoms with Gasteiger partial charge in [0.2, 0.25) is 0 Å². The molecule has 162 valence electrons. The molecule has 2 aliphatic heterocycles. The number of nitrogens with zero attached hydrogens (tertiary/aromatic N) is 2. The molecule has 0 spiro atoms. The number of fused-ring (bicyclic) bond motifs is 1. The van der Waals surface area contributed by atoms with Gasteiger partial charge in [0.15, 0.2) is 0 Å². The highest BCUT2D eigenvalue weighted by molar-refractivity contribution is 6.07. The molecule has 0 aromatic heterocycles. The maximum Gasteiger partial charge on any atom is 0.346 e. The minimum Gasteiger partial charge on any atom is -0.497 e. The largest absolute Gasteiger partial charge is 0.497 e. The Morgan fingerprint density at radius 1 is 1.29 bits per heavy atom. The van der Waals surface area contributed by atoms with Crippen molar-refractivity contribution in [1.29, 1.82) is 0 Å². The number of ether oxygens (including phenoxy) is 3. The Morgan fingerprint density at radius 3 is 2.71 bits per heavy atom. The van der Waals surface area contributed by atoms with Crippen LogP contribution in [0.2, 0.25) is 0 Å². The first kappa shape index (κ1) is 20.7. The predicted octanol–water partition coefficient (Wildman–Crippen LogP) is 3.22. The van der Waals surface area contributed by atoms with Crippen molar-refractivity contribution >= 4 is 18.2 Å². The van der Waals surface area contributed by atoms with E-state index in [2.05, 4.69) is 10.4 Å². The lowest BCUT2D eigenvalue weighted by Gasteiger charge is -2.21. The number of urea groups is 1. The third-order valence-corrected chi connectivity index (χ3v) is 5.48. The molecule has 3 amide bonds. The maximum atomic E-state index is 13.1. The predicted molar refractivity (Wildman–Crippen MR) is 115 cm³/mol. The summed E-state index contributed by atoms with van der Waals surface area (Å²) in [6, 6.07) is 10.1. The fourth-order valence-corrected chi connectivity index (χ4v) is 3.81. The Hall–Kier alpha value is -3.55. The Morgan fingerprint density at radius 2 is 2.03 bits per heavy atom. The smallest absolute Gasteiger partial charge is 0.346 e. The Labute approximate surface area is 180 Å². The van der Waals surface area contributed by atoms with E-state index in [0.29, 0.717) is 29.2 Å². The van der Waals surface area contributed by atoms with Crippen molar-refractivity contribution in [2.45, 2.75) is 38.8 Å². The highest BCUT2D eigenvalue weighted by Crippen LogP contribution is 2.35. The topological polar surface area (TPSA) is 89.5 Å². The minimum absolute atomic E-state index is 0.0906. The first-order valence-electron chi connectivity index (χ1n) is 10.2. The van der Waals surface area contributed by atoms with Gasteiger partial charge < -0.3 is 19.5 Å². The van der Waals surface area contributed by atoms with Crippen molar-refractivity contribution < 1.29 is 23.8 Å². The summed E-state index contributed by atoms with van der Waals surface area (Å²) >= 11 is 0. The second kappa shape index (κ2) is 7.94. The molecule has 0 bridgehead atoms. The van der Waals surface area contributed by atoms with Gasteiger partial charge in [0.1, 0.15) is 28.9 Å². The third-order valence-electron chi connectivity index (χ3n) is 5.48. The summed E-state index contributed by atoms with van der Waals surface area (Å²) in [7, 11) is 1.57. The van der Waals surface area contributed by atoms with E-state index in [-0.39, 0.29) is 6.10 Å². The lowest BCUT2D eigenvalue weighted by atomic mass is 9.92. The zero-order chi connectivity index (χ0) is 22.2. The molecule has 0 unspecified atom stereocenters. The number of methoxy groups -OCH3 is 1.